The summed E-state index contributed by atoms with van der Waals surface area (Å²) in [5.74, 6) is 1.54. The molecule has 0 aliphatic carbocycles. The number of alkyl halides is 1. The van der Waals surface area contributed by atoms with Gasteiger partial charge in [0.15, 0.2) is 0 Å². The highest BCUT2D eigenvalue weighted by molar-refractivity contribution is 9.09. The van der Waals surface area contributed by atoms with Gasteiger partial charge < -0.3 is 10.1 Å². The second kappa shape index (κ2) is 5.40. The number of halogens is 1. The lowest BCUT2D eigenvalue weighted by atomic mass is 9.97. The molecular weight excluding hydrogens is 278 g/mol. The highest BCUT2D eigenvalue weighted by Gasteiger charge is 2.25. The van der Waals surface area contributed by atoms with E-state index in [0.29, 0.717) is 5.92 Å². The van der Waals surface area contributed by atoms with Crippen molar-refractivity contribution in [3.05, 3.63) is 29.8 Å². The first-order valence-corrected chi connectivity index (χ1v) is 7.27. The predicted molar refractivity (Wildman–Crippen MR) is 75.2 cm³/mol. The van der Waals surface area contributed by atoms with E-state index in [1.807, 2.05) is 6.07 Å². The van der Waals surface area contributed by atoms with Crippen LogP contribution in [0.4, 0.5) is 0 Å². The van der Waals surface area contributed by atoms with Crippen LogP contribution >= 0.6 is 15.9 Å². The lowest BCUT2D eigenvalue weighted by Crippen LogP contribution is -2.42. The topological polar surface area (TPSA) is 21.3 Å². The molecule has 0 bridgehead atoms. The molecule has 0 fully saturated rings. The normalized spacial score (nSPS) is 18.9. The van der Waals surface area contributed by atoms with Crippen molar-refractivity contribution < 1.29 is 4.74 Å². The van der Waals surface area contributed by atoms with Gasteiger partial charge in [0, 0.05) is 28.9 Å². The molecule has 17 heavy (non-hydrogen) atoms. The Morgan fingerprint density at radius 3 is 2.94 bits per heavy atom. The van der Waals surface area contributed by atoms with Crippen LogP contribution in [0.2, 0.25) is 0 Å². The first-order chi connectivity index (χ1) is 8.12. The minimum absolute atomic E-state index is 0.182. The van der Waals surface area contributed by atoms with Crippen molar-refractivity contribution >= 4 is 15.9 Å². The second-order valence-corrected chi connectivity index (χ2v) is 6.04. The van der Waals surface area contributed by atoms with E-state index in [4.69, 9.17) is 4.74 Å². The Bertz CT molecular complexity index is 378. The summed E-state index contributed by atoms with van der Waals surface area (Å²) in [6.07, 6.45) is 1.13. The summed E-state index contributed by atoms with van der Waals surface area (Å²) in [6.45, 7) is 6.28. The van der Waals surface area contributed by atoms with Gasteiger partial charge >= 0.3 is 0 Å². The fourth-order valence-corrected chi connectivity index (χ4v) is 3.11. The summed E-state index contributed by atoms with van der Waals surface area (Å²) < 4.78 is 5.69. The van der Waals surface area contributed by atoms with Crippen LogP contribution in [-0.2, 0) is 0 Å². The first-order valence-electron chi connectivity index (χ1n) is 6.15. The van der Waals surface area contributed by atoms with E-state index in [2.05, 4.69) is 53.3 Å². The Kier molecular flexibility index (Phi) is 4.10. The van der Waals surface area contributed by atoms with Gasteiger partial charge in [0.05, 0.1) is 6.61 Å². The number of hydrogen-bond acceptors (Lipinski definition) is 2. The third-order valence-electron chi connectivity index (χ3n) is 3.35. The van der Waals surface area contributed by atoms with E-state index in [1.165, 1.54) is 5.56 Å². The van der Waals surface area contributed by atoms with Gasteiger partial charge in [0.1, 0.15) is 5.75 Å². The smallest absolute Gasteiger partial charge is 0.122 e. The molecule has 1 aliphatic rings. The molecule has 3 heteroatoms. The van der Waals surface area contributed by atoms with Crippen molar-refractivity contribution in [1.29, 1.82) is 0 Å². The third kappa shape index (κ3) is 3.23. The molecule has 2 nitrogen and oxygen atoms in total. The van der Waals surface area contributed by atoms with Gasteiger partial charge in [0.25, 0.3) is 0 Å². The van der Waals surface area contributed by atoms with Crippen LogP contribution in [-0.4, -0.2) is 24.0 Å². The van der Waals surface area contributed by atoms with Crippen LogP contribution < -0.4 is 10.1 Å². The zero-order valence-corrected chi connectivity index (χ0v) is 12.1. The van der Waals surface area contributed by atoms with Crippen molar-refractivity contribution in [2.75, 3.05) is 18.5 Å². The van der Waals surface area contributed by atoms with Gasteiger partial charge in [0.2, 0.25) is 0 Å². The van der Waals surface area contributed by atoms with Gasteiger partial charge in [-0.05, 0) is 26.3 Å². The average molecular weight is 298 g/mol. The second-order valence-electron chi connectivity index (χ2n) is 5.25. The molecule has 1 unspecified atom stereocenters. The number of fused-ring (bicyclic) bond motifs is 1. The minimum atomic E-state index is 0.182. The Hall–Kier alpha value is -0.540. The van der Waals surface area contributed by atoms with Crippen LogP contribution in [0.5, 0.6) is 5.75 Å². The number of benzene rings is 1. The van der Waals surface area contributed by atoms with E-state index in [9.17, 15) is 0 Å². The van der Waals surface area contributed by atoms with E-state index in [0.717, 1.165) is 30.7 Å². The molecule has 0 amide bonds. The molecule has 1 heterocycles. The largest absolute Gasteiger partial charge is 0.493 e. The monoisotopic (exact) mass is 297 g/mol. The van der Waals surface area contributed by atoms with Crippen LogP contribution in [0.15, 0.2) is 24.3 Å². The SMILES string of the molecule is CC(C)(CCBr)NCC1COc2ccccc21. The highest BCUT2D eigenvalue weighted by Crippen LogP contribution is 2.33. The van der Waals surface area contributed by atoms with Crippen LogP contribution in [0, 0.1) is 0 Å². The summed E-state index contributed by atoms with van der Waals surface area (Å²) >= 11 is 3.50. The molecular formula is C14H20BrNO. The summed E-state index contributed by atoms with van der Waals surface area (Å²) in [5.41, 5.74) is 1.52. The number of nitrogens with one attached hydrogen (secondary N) is 1. The fourth-order valence-electron chi connectivity index (χ4n) is 2.12. The standard InChI is InChI=1S/C14H20BrNO/c1-14(2,7-8-15)16-9-11-10-17-13-6-4-3-5-12(11)13/h3-6,11,16H,7-10H2,1-2H3. The number of para-hydroxylation sites is 1. The molecule has 1 aromatic rings. The van der Waals surface area contributed by atoms with Gasteiger partial charge in [-0.15, -0.1) is 0 Å². The fraction of sp³-hybridized carbons (Fsp3) is 0.571. The first kappa shape index (κ1) is 12.9. The van der Waals surface area contributed by atoms with Crippen LogP contribution in [0.1, 0.15) is 31.7 Å². The third-order valence-corrected chi connectivity index (χ3v) is 3.74. The van der Waals surface area contributed by atoms with Crippen molar-refractivity contribution in [2.45, 2.75) is 31.7 Å². The summed E-state index contributed by atoms with van der Waals surface area (Å²) in [7, 11) is 0. The molecule has 0 aromatic heterocycles. The molecule has 0 radical (unpaired) electrons. The van der Waals surface area contributed by atoms with Crippen LogP contribution in [0.3, 0.4) is 0 Å². The van der Waals surface area contributed by atoms with Crippen LogP contribution in [0.25, 0.3) is 0 Å². The molecule has 1 aromatic carbocycles. The van der Waals surface area contributed by atoms with Crippen molar-refractivity contribution in [3.63, 3.8) is 0 Å². The highest BCUT2D eigenvalue weighted by atomic mass is 79.9. The van der Waals surface area contributed by atoms with Gasteiger partial charge in [-0.25, -0.2) is 0 Å². The quantitative estimate of drug-likeness (QED) is 0.842. The Morgan fingerprint density at radius 2 is 2.18 bits per heavy atom. The van der Waals surface area contributed by atoms with Gasteiger partial charge in [-0.2, -0.15) is 0 Å². The van der Waals surface area contributed by atoms with Gasteiger partial charge in [-0.1, -0.05) is 34.1 Å². The molecule has 1 atom stereocenters. The zero-order valence-electron chi connectivity index (χ0n) is 10.5. The minimum Gasteiger partial charge on any atom is -0.493 e. The molecule has 2 rings (SSSR count). The molecule has 1 N–H and O–H groups in total. The van der Waals surface area contributed by atoms with E-state index < -0.39 is 0 Å². The Labute approximate surface area is 112 Å². The molecule has 94 valence electrons. The van der Waals surface area contributed by atoms with E-state index in [-0.39, 0.29) is 5.54 Å². The molecule has 0 spiro atoms. The lowest BCUT2D eigenvalue weighted by Gasteiger charge is -2.27. The number of hydrogen-bond donors (Lipinski definition) is 1. The Balaban J connectivity index is 1.94. The lowest BCUT2D eigenvalue weighted by molar-refractivity contribution is 0.305. The Morgan fingerprint density at radius 1 is 1.41 bits per heavy atom. The van der Waals surface area contributed by atoms with Crippen molar-refractivity contribution in [3.8, 4) is 5.75 Å². The maximum Gasteiger partial charge on any atom is 0.122 e. The molecule has 0 saturated heterocycles. The van der Waals surface area contributed by atoms with Crippen molar-refractivity contribution in [2.24, 2.45) is 0 Å². The maximum atomic E-state index is 5.69. The summed E-state index contributed by atoms with van der Waals surface area (Å²) in [4.78, 5) is 0. The summed E-state index contributed by atoms with van der Waals surface area (Å²) in [5, 5.41) is 4.67. The summed E-state index contributed by atoms with van der Waals surface area (Å²) in [6, 6.07) is 8.35. The molecule has 0 saturated carbocycles. The molecule has 1 aliphatic heterocycles. The average Bonchev–Trinajstić information content (AvgIpc) is 2.70. The van der Waals surface area contributed by atoms with E-state index in [1.54, 1.807) is 0 Å². The number of rotatable bonds is 5. The predicted octanol–water partition coefficient (Wildman–Crippen LogP) is 3.32. The zero-order chi connectivity index (χ0) is 12.3. The maximum absolute atomic E-state index is 5.69. The van der Waals surface area contributed by atoms with E-state index >= 15 is 0 Å². The number of ether oxygens (including phenoxy) is 1. The van der Waals surface area contributed by atoms with Gasteiger partial charge in [-0.3, -0.25) is 0 Å². The van der Waals surface area contributed by atoms with Crippen molar-refractivity contribution in [1.82, 2.24) is 5.32 Å².